The Bertz CT molecular complexity index is 471. The third-order valence-corrected chi connectivity index (χ3v) is 1.90. The number of hydrogen-bond donors (Lipinski definition) is 0. The predicted molar refractivity (Wildman–Crippen MR) is 67.1 cm³/mol. The van der Waals surface area contributed by atoms with Crippen LogP contribution in [0.15, 0.2) is 6.07 Å². The van der Waals surface area contributed by atoms with Crippen molar-refractivity contribution in [2.75, 3.05) is 0 Å². The van der Waals surface area contributed by atoms with Gasteiger partial charge in [-0.3, -0.25) is 0 Å². The molecule has 0 radical (unpaired) electrons. The molecule has 0 aliphatic rings. The van der Waals surface area contributed by atoms with Crippen LogP contribution in [0.4, 0.5) is 13.2 Å². The van der Waals surface area contributed by atoms with Crippen molar-refractivity contribution in [1.82, 2.24) is 0 Å². The van der Waals surface area contributed by atoms with Crippen molar-refractivity contribution in [2.24, 2.45) is 0 Å². The minimum Gasteiger partial charge on any atom is -0.481 e. The zero-order chi connectivity index (χ0) is 15.0. The fourth-order valence-corrected chi connectivity index (χ4v) is 1.36. The van der Waals surface area contributed by atoms with Gasteiger partial charge in [0.15, 0.2) is 11.6 Å². The van der Waals surface area contributed by atoms with Crippen molar-refractivity contribution in [2.45, 2.75) is 52.7 Å². The van der Waals surface area contributed by atoms with Gasteiger partial charge in [0.2, 0.25) is 17.3 Å². The highest BCUT2D eigenvalue weighted by molar-refractivity contribution is 5.43. The van der Waals surface area contributed by atoms with Crippen LogP contribution in [-0.4, -0.2) is 11.2 Å². The van der Waals surface area contributed by atoms with Crippen molar-refractivity contribution in [3.63, 3.8) is 0 Å². The second kappa shape index (κ2) is 4.94. The molecule has 0 aliphatic carbocycles. The van der Waals surface area contributed by atoms with E-state index in [0.29, 0.717) is 6.07 Å². The fourth-order valence-electron chi connectivity index (χ4n) is 1.36. The summed E-state index contributed by atoms with van der Waals surface area (Å²) in [5.41, 5.74) is -1.57. The van der Waals surface area contributed by atoms with Crippen LogP contribution in [0, 0.1) is 17.5 Å². The lowest BCUT2D eigenvalue weighted by molar-refractivity contribution is 0.0854. The highest BCUT2D eigenvalue weighted by Crippen LogP contribution is 2.38. The zero-order valence-electron chi connectivity index (χ0n) is 12.0. The summed E-state index contributed by atoms with van der Waals surface area (Å²) in [7, 11) is 0. The average molecular weight is 276 g/mol. The summed E-state index contributed by atoms with van der Waals surface area (Å²) in [6.07, 6.45) is 0. The molecule has 0 heterocycles. The van der Waals surface area contributed by atoms with Gasteiger partial charge in [0.25, 0.3) is 0 Å². The van der Waals surface area contributed by atoms with Crippen LogP contribution in [0.3, 0.4) is 0 Å². The molecular formula is C14H19F3O2. The molecule has 19 heavy (non-hydrogen) atoms. The Labute approximate surface area is 111 Å². The number of ether oxygens (including phenoxy) is 2. The van der Waals surface area contributed by atoms with Crippen LogP contribution >= 0.6 is 0 Å². The molecule has 5 heteroatoms. The average Bonchev–Trinajstić information content (AvgIpc) is 2.17. The van der Waals surface area contributed by atoms with Gasteiger partial charge in [-0.2, -0.15) is 4.39 Å². The van der Waals surface area contributed by atoms with Gasteiger partial charge in [-0.1, -0.05) is 0 Å². The minimum absolute atomic E-state index is 0.415. The molecule has 0 bridgehead atoms. The molecule has 0 saturated heterocycles. The highest BCUT2D eigenvalue weighted by Gasteiger charge is 2.28. The Hall–Kier alpha value is -1.39. The van der Waals surface area contributed by atoms with Gasteiger partial charge in [0, 0.05) is 6.07 Å². The van der Waals surface area contributed by atoms with E-state index in [-0.39, 0.29) is 0 Å². The maximum Gasteiger partial charge on any atom is 0.204 e. The van der Waals surface area contributed by atoms with Crippen LogP contribution in [0.25, 0.3) is 0 Å². The molecule has 1 aromatic rings. The van der Waals surface area contributed by atoms with Gasteiger partial charge in [-0.05, 0) is 41.5 Å². The molecule has 0 aromatic heterocycles. The van der Waals surface area contributed by atoms with Crippen molar-refractivity contribution < 1.29 is 22.6 Å². The lowest BCUT2D eigenvalue weighted by Crippen LogP contribution is -2.28. The van der Waals surface area contributed by atoms with E-state index in [2.05, 4.69) is 0 Å². The van der Waals surface area contributed by atoms with E-state index in [0.717, 1.165) is 0 Å². The van der Waals surface area contributed by atoms with E-state index < -0.39 is 40.2 Å². The summed E-state index contributed by atoms with van der Waals surface area (Å²) in [6.45, 7) is 9.97. The molecule has 2 nitrogen and oxygen atoms in total. The van der Waals surface area contributed by atoms with E-state index in [4.69, 9.17) is 9.47 Å². The number of benzene rings is 1. The largest absolute Gasteiger partial charge is 0.481 e. The van der Waals surface area contributed by atoms with E-state index in [1.165, 1.54) is 0 Å². The maximum absolute atomic E-state index is 13.8. The van der Waals surface area contributed by atoms with Crippen molar-refractivity contribution in [1.29, 1.82) is 0 Å². The SMILES string of the molecule is CC(C)(C)Oc1c(F)cc(F)c(F)c1OC(C)(C)C. The third-order valence-electron chi connectivity index (χ3n) is 1.90. The van der Waals surface area contributed by atoms with Gasteiger partial charge in [0.1, 0.15) is 11.2 Å². The van der Waals surface area contributed by atoms with Crippen molar-refractivity contribution in [3.05, 3.63) is 23.5 Å². The quantitative estimate of drug-likeness (QED) is 0.742. The molecule has 0 atom stereocenters. The molecule has 1 rings (SSSR count). The van der Waals surface area contributed by atoms with Gasteiger partial charge in [-0.15, -0.1) is 0 Å². The Morgan fingerprint density at radius 2 is 1.16 bits per heavy atom. The zero-order valence-corrected chi connectivity index (χ0v) is 12.0. The van der Waals surface area contributed by atoms with Crippen molar-refractivity contribution in [3.8, 4) is 11.5 Å². The van der Waals surface area contributed by atoms with Crippen LogP contribution in [0.2, 0.25) is 0 Å². The minimum atomic E-state index is -1.31. The van der Waals surface area contributed by atoms with Crippen molar-refractivity contribution >= 4 is 0 Å². The first kappa shape index (κ1) is 15.7. The summed E-state index contributed by atoms with van der Waals surface area (Å²) in [4.78, 5) is 0. The number of halogens is 3. The molecule has 0 N–H and O–H groups in total. The molecule has 108 valence electrons. The Morgan fingerprint density at radius 1 is 0.737 bits per heavy atom. The Balaban J connectivity index is 3.38. The first-order valence-electron chi connectivity index (χ1n) is 5.96. The first-order chi connectivity index (χ1) is 8.41. The summed E-state index contributed by atoms with van der Waals surface area (Å²) in [5.74, 6) is -4.51. The highest BCUT2D eigenvalue weighted by atomic mass is 19.2. The van der Waals surface area contributed by atoms with E-state index in [1.807, 2.05) is 0 Å². The van der Waals surface area contributed by atoms with Gasteiger partial charge in [0.05, 0.1) is 0 Å². The van der Waals surface area contributed by atoms with Crippen LogP contribution in [0.1, 0.15) is 41.5 Å². The molecular weight excluding hydrogens is 257 g/mol. The van der Waals surface area contributed by atoms with E-state index in [9.17, 15) is 13.2 Å². The molecule has 0 amide bonds. The Kier molecular flexibility index (Phi) is 4.08. The lowest BCUT2D eigenvalue weighted by Gasteiger charge is -2.27. The standard InChI is InChI=1S/C14H19F3O2/c1-13(2,3)18-11-9(16)7-8(15)10(17)12(11)19-14(4,5)6/h7H,1-6H3. The normalized spacial score (nSPS) is 12.5. The molecule has 1 aromatic carbocycles. The smallest absolute Gasteiger partial charge is 0.204 e. The molecule has 0 fully saturated rings. The van der Waals surface area contributed by atoms with E-state index >= 15 is 0 Å². The first-order valence-corrected chi connectivity index (χ1v) is 5.96. The maximum atomic E-state index is 13.8. The lowest BCUT2D eigenvalue weighted by atomic mass is 10.1. The summed E-state index contributed by atoms with van der Waals surface area (Å²) in [6, 6.07) is 0.450. The summed E-state index contributed by atoms with van der Waals surface area (Å²) < 4.78 is 51.5. The van der Waals surface area contributed by atoms with Crippen LogP contribution < -0.4 is 9.47 Å². The number of rotatable bonds is 2. The van der Waals surface area contributed by atoms with Gasteiger partial charge < -0.3 is 9.47 Å². The van der Waals surface area contributed by atoms with Gasteiger partial charge >= 0.3 is 0 Å². The molecule has 0 unspecified atom stereocenters. The van der Waals surface area contributed by atoms with Gasteiger partial charge in [-0.25, -0.2) is 8.78 Å². The fraction of sp³-hybridized carbons (Fsp3) is 0.571. The summed E-state index contributed by atoms with van der Waals surface area (Å²) >= 11 is 0. The predicted octanol–water partition coefficient (Wildman–Crippen LogP) is 4.46. The van der Waals surface area contributed by atoms with Crippen LogP contribution in [-0.2, 0) is 0 Å². The molecule has 0 spiro atoms. The second-order valence-electron chi connectivity index (χ2n) is 6.24. The monoisotopic (exact) mass is 276 g/mol. The number of hydrogen-bond acceptors (Lipinski definition) is 2. The molecule has 0 saturated carbocycles. The van der Waals surface area contributed by atoms with E-state index in [1.54, 1.807) is 41.5 Å². The topological polar surface area (TPSA) is 18.5 Å². The van der Waals surface area contributed by atoms with Crippen LogP contribution in [0.5, 0.6) is 11.5 Å². The molecule has 0 aliphatic heterocycles. The third kappa shape index (κ3) is 4.33. The summed E-state index contributed by atoms with van der Waals surface area (Å²) in [5, 5.41) is 0. The second-order valence-corrected chi connectivity index (χ2v) is 6.24. The Morgan fingerprint density at radius 3 is 1.58 bits per heavy atom.